The fourth-order valence-electron chi connectivity index (χ4n) is 4.67. The number of pyridine rings is 1. The zero-order valence-electron chi connectivity index (χ0n) is 18.7. The van der Waals surface area contributed by atoms with E-state index in [9.17, 15) is 9.18 Å². The Bertz CT molecular complexity index is 1420. The Labute approximate surface area is 198 Å². The van der Waals surface area contributed by atoms with Gasteiger partial charge in [-0.2, -0.15) is 0 Å². The fourth-order valence-corrected chi connectivity index (χ4v) is 4.67. The SMILES string of the molecule is C1=CC=CNC=C1.O=C(c1cccnc1)C1C=c2c(ccc3c2=CCc2ccc(F)cc2-3)CC1. The van der Waals surface area contributed by atoms with E-state index in [-0.39, 0.29) is 17.5 Å². The molecule has 2 heterocycles. The van der Waals surface area contributed by atoms with Gasteiger partial charge in [-0.25, -0.2) is 4.39 Å². The first kappa shape index (κ1) is 21.8. The van der Waals surface area contributed by atoms with E-state index in [1.807, 2.05) is 48.8 Å². The third-order valence-electron chi connectivity index (χ3n) is 6.36. The van der Waals surface area contributed by atoms with Crippen molar-refractivity contribution in [3.05, 3.63) is 125 Å². The number of aromatic nitrogens is 1. The van der Waals surface area contributed by atoms with Gasteiger partial charge in [-0.1, -0.05) is 42.5 Å². The number of hydrogen-bond acceptors (Lipinski definition) is 3. The summed E-state index contributed by atoms with van der Waals surface area (Å²) in [6.07, 6.45) is 21.7. The maximum atomic E-state index is 13.8. The Balaban J connectivity index is 0.000000297. The van der Waals surface area contributed by atoms with E-state index in [0.29, 0.717) is 5.56 Å². The van der Waals surface area contributed by atoms with Gasteiger partial charge in [-0.3, -0.25) is 9.78 Å². The van der Waals surface area contributed by atoms with Crippen molar-refractivity contribution in [1.29, 1.82) is 0 Å². The van der Waals surface area contributed by atoms with Crippen LogP contribution in [0, 0.1) is 11.7 Å². The molecule has 1 unspecified atom stereocenters. The number of carbonyl (C=O) groups is 1. The summed E-state index contributed by atoms with van der Waals surface area (Å²) >= 11 is 0. The molecule has 0 fully saturated rings. The predicted octanol–water partition coefficient (Wildman–Crippen LogP) is 4.62. The highest BCUT2D eigenvalue weighted by atomic mass is 19.1. The Kier molecular flexibility index (Phi) is 6.30. The van der Waals surface area contributed by atoms with Crippen molar-refractivity contribution in [2.75, 3.05) is 0 Å². The molecule has 0 saturated carbocycles. The Hall–Kier alpha value is -4.05. The quantitative estimate of drug-likeness (QED) is 0.582. The minimum Gasteiger partial charge on any atom is -0.368 e. The topological polar surface area (TPSA) is 42.0 Å². The van der Waals surface area contributed by atoms with Crippen LogP contribution in [0.5, 0.6) is 0 Å². The zero-order valence-corrected chi connectivity index (χ0v) is 18.7. The molecule has 0 saturated heterocycles. The van der Waals surface area contributed by atoms with Crippen molar-refractivity contribution in [1.82, 2.24) is 10.3 Å². The van der Waals surface area contributed by atoms with Crippen molar-refractivity contribution in [3.8, 4) is 11.1 Å². The first-order chi connectivity index (χ1) is 16.7. The van der Waals surface area contributed by atoms with Crippen LogP contribution in [-0.4, -0.2) is 10.8 Å². The monoisotopic (exact) mass is 448 g/mol. The van der Waals surface area contributed by atoms with Crippen molar-refractivity contribution in [2.45, 2.75) is 19.3 Å². The van der Waals surface area contributed by atoms with Crippen molar-refractivity contribution < 1.29 is 9.18 Å². The molecule has 6 rings (SSSR count). The second-order valence-corrected chi connectivity index (χ2v) is 8.50. The van der Waals surface area contributed by atoms with Crippen LogP contribution < -0.4 is 15.8 Å². The molecule has 1 N–H and O–H groups in total. The normalized spacial score (nSPS) is 16.8. The molecule has 168 valence electrons. The molecule has 0 bridgehead atoms. The fraction of sp³-hybridized carbons (Fsp3) is 0.133. The van der Waals surface area contributed by atoms with Gasteiger partial charge >= 0.3 is 0 Å². The number of carbonyl (C=O) groups excluding carboxylic acids is 1. The minimum absolute atomic E-state index is 0.119. The van der Waals surface area contributed by atoms with Crippen LogP contribution in [0.4, 0.5) is 4.39 Å². The summed E-state index contributed by atoms with van der Waals surface area (Å²) in [5, 5.41) is 5.19. The summed E-state index contributed by atoms with van der Waals surface area (Å²) in [6, 6.07) is 12.8. The Morgan fingerprint density at radius 3 is 2.56 bits per heavy atom. The van der Waals surface area contributed by atoms with E-state index in [1.54, 1.807) is 24.5 Å². The van der Waals surface area contributed by atoms with E-state index in [4.69, 9.17) is 0 Å². The number of halogens is 1. The van der Waals surface area contributed by atoms with E-state index < -0.39 is 0 Å². The predicted molar refractivity (Wildman–Crippen MR) is 135 cm³/mol. The molecule has 3 aliphatic rings. The lowest BCUT2D eigenvalue weighted by Crippen LogP contribution is -2.37. The number of benzene rings is 2. The lowest BCUT2D eigenvalue weighted by molar-refractivity contribution is 0.0946. The lowest BCUT2D eigenvalue weighted by Gasteiger charge is -2.21. The number of nitrogens with zero attached hydrogens (tertiary/aromatic N) is 1. The largest absolute Gasteiger partial charge is 0.368 e. The maximum absolute atomic E-state index is 13.8. The van der Waals surface area contributed by atoms with Crippen LogP contribution in [0.15, 0.2) is 91.6 Å². The highest BCUT2D eigenvalue weighted by molar-refractivity contribution is 6.01. The van der Waals surface area contributed by atoms with Gasteiger partial charge < -0.3 is 5.32 Å². The number of allylic oxidation sites excluding steroid dienone is 4. The molecule has 0 amide bonds. The van der Waals surface area contributed by atoms with Crippen molar-refractivity contribution in [3.63, 3.8) is 0 Å². The van der Waals surface area contributed by atoms with Gasteiger partial charge in [-0.15, -0.1) is 0 Å². The van der Waals surface area contributed by atoms with Crippen LogP contribution >= 0.6 is 0 Å². The van der Waals surface area contributed by atoms with Crippen LogP contribution in [-0.2, 0) is 12.8 Å². The number of rotatable bonds is 2. The van der Waals surface area contributed by atoms with Gasteiger partial charge in [0.2, 0.25) is 0 Å². The lowest BCUT2D eigenvalue weighted by atomic mass is 9.82. The second kappa shape index (κ2) is 9.84. The first-order valence-electron chi connectivity index (χ1n) is 11.5. The van der Waals surface area contributed by atoms with Crippen molar-refractivity contribution in [2.24, 2.45) is 5.92 Å². The average molecular weight is 449 g/mol. The molecular weight excluding hydrogens is 423 g/mol. The maximum Gasteiger partial charge on any atom is 0.171 e. The number of hydrogen-bond donors (Lipinski definition) is 1. The summed E-state index contributed by atoms with van der Waals surface area (Å²) in [5.41, 5.74) is 5.08. The van der Waals surface area contributed by atoms with Crippen LogP contribution in [0.1, 0.15) is 27.9 Å². The third kappa shape index (κ3) is 4.53. The molecule has 3 nitrogen and oxygen atoms in total. The molecule has 0 spiro atoms. The van der Waals surface area contributed by atoms with Crippen LogP contribution in [0.2, 0.25) is 0 Å². The van der Waals surface area contributed by atoms with Crippen molar-refractivity contribution >= 4 is 17.9 Å². The van der Waals surface area contributed by atoms with Gasteiger partial charge in [-0.05, 0) is 88.4 Å². The van der Waals surface area contributed by atoms with E-state index in [0.717, 1.165) is 46.4 Å². The number of aryl methyl sites for hydroxylation is 1. The third-order valence-corrected chi connectivity index (χ3v) is 6.36. The second-order valence-electron chi connectivity index (χ2n) is 8.50. The molecule has 4 heteroatoms. The minimum atomic E-state index is -0.215. The summed E-state index contributed by atoms with van der Waals surface area (Å²) in [4.78, 5) is 17.0. The zero-order chi connectivity index (χ0) is 23.3. The standard InChI is InChI=1S/C24H18FNO.C6H7N/c25-19-8-5-16-7-9-20-21(23(16)13-19)10-6-15-3-4-17(12-22(15)20)24(27)18-2-1-11-26-14-18;1-2-4-6-7-5-3-1/h1-2,5-6,8-14,17H,3-4,7H2;1-7H. The van der Waals surface area contributed by atoms with Gasteiger partial charge in [0.1, 0.15) is 5.82 Å². The summed E-state index contributed by atoms with van der Waals surface area (Å²) in [5.74, 6) is -0.239. The van der Waals surface area contributed by atoms with Gasteiger partial charge in [0.15, 0.2) is 5.78 Å². The summed E-state index contributed by atoms with van der Waals surface area (Å²) in [7, 11) is 0. The number of nitrogens with one attached hydrogen (secondary N) is 1. The van der Waals surface area contributed by atoms with E-state index >= 15 is 0 Å². The van der Waals surface area contributed by atoms with Crippen LogP contribution in [0.3, 0.4) is 0 Å². The molecule has 2 aromatic carbocycles. The Morgan fingerprint density at radius 2 is 1.76 bits per heavy atom. The Morgan fingerprint density at radius 1 is 0.941 bits per heavy atom. The highest BCUT2D eigenvalue weighted by Crippen LogP contribution is 2.27. The number of Topliss-reactive ketones (excluding diaryl/α,β-unsaturated/α-hetero) is 1. The first-order valence-corrected chi connectivity index (χ1v) is 11.5. The number of ketones is 1. The summed E-state index contributed by atoms with van der Waals surface area (Å²) < 4.78 is 13.8. The number of fused-ring (bicyclic) bond motifs is 5. The molecule has 3 aromatic rings. The molecule has 1 aromatic heterocycles. The summed E-state index contributed by atoms with van der Waals surface area (Å²) in [6.45, 7) is 0. The van der Waals surface area contributed by atoms with Gasteiger partial charge in [0.25, 0.3) is 0 Å². The average Bonchev–Trinajstić information content (AvgIpc) is 3.22. The molecule has 2 aliphatic carbocycles. The smallest absolute Gasteiger partial charge is 0.171 e. The van der Waals surface area contributed by atoms with Gasteiger partial charge in [0, 0.05) is 36.3 Å². The van der Waals surface area contributed by atoms with Crippen LogP contribution in [0.25, 0.3) is 23.3 Å². The van der Waals surface area contributed by atoms with E-state index in [1.165, 1.54) is 11.6 Å². The molecule has 34 heavy (non-hydrogen) atoms. The molecule has 1 atom stereocenters. The van der Waals surface area contributed by atoms with Gasteiger partial charge in [0.05, 0.1) is 0 Å². The molecule has 0 radical (unpaired) electrons. The molecule has 1 aliphatic heterocycles. The highest BCUT2D eigenvalue weighted by Gasteiger charge is 2.23. The molecular formula is C30H25FN2O. The van der Waals surface area contributed by atoms with E-state index in [2.05, 4.69) is 34.6 Å².